The third-order valence-corrected chi connectivity index (χ3v) is 6.21. The van der Waals surface area contributed by atoms with Gasteiger partial charge in [-0.05, 0) is 74.0 Å². The zero-order valence-electron chi connectivity index (χ0n) is 19.7. The summed E-state index contributed by atoms with van der Waals surface area (Å²) in [5.41, 5.74) is 2.03. The molecule has 4 N–H and O–H groups in total. The van der Waals surface area contributed by atoms with Gasteiger partial charge in [0.1, 0.15) is 5.75 Å². The maximum absolute atomic E-state index is 12.8. The molecule has 10 heteroatoms. The molecule has 0 atom stereocenters. The van der Waals surface area contributed by atoms with Crippen LogP contribution in [0, 0.1) is 0 Å². The second-order valence-electron chi connectivity index (χ2n) is 7.99. The normalized spacial score (nSPS) is 11.0. The van der Waals surface area contributed by atoms with Gasteiger partial charge in [-0.2, -0.15) is 0 Å². The first-order valence-electron chi connectivity index (χ1n) is 10.9. The van der Waals surface area contributed by atoms with Crippen LogP contribution < -0.4 is 25.4 Å². The summed E-state index contributed by atoms with van der Waals surface area (Å²) in [6.07, 6.45) is 0. The molecule has 0 aromatic heterocycles. The molecule has 0 aliphatic carbocycles. The third-order valence-electron chi connectivity index (χ3n) is 4.83. The number of anilines is 2. The smallest absolute Gasteiger partial charge is 0.319 e. The average Bonchev–Trinajstić information content (AvgIpc) is 2.83. The molecule has 0 radical (unpaired) electrons. The summed E-state index contributed by atoms with van der Waals surface area (Å²) < 4.78 is 33.1. The van der Waals surface area contributed by atoms with Crippen molar-refractivity contribution in [2.45, 2.75) is 31.3 Å². The van der Waals surface area contributed by atoms with Crippen LogP contribution >= 0.6 is 0 Å². The lowest BCUT2D eigenvalue weighted by Crippen LogP contribution is -2.34. The van der Waals surface area contributed by atoms with E-state index in [9.17, 15) is 18.0 Å². The van der Waals surface area contributed by atoms with Gasteiger partial charge in [0.05, 0.1) is 12.0 Å². The minimum Gasteiger partial charge on any atom is -0.497 e. The van der Waals surface area contributed by atoms with Crippen molar-refractivity contribution in [3.63, 3.8) is 0 Å². The minimum absolute atomic E-state index is 0.0243. The summed E-state index contributed by atoms with van der Waals surface area (Å²) in [4.78, 5) is 24.4. The first-order valence-corrected chi connectivity index (χ1v) is 12.4. The fourth-order valence-electron chi connectivity index (χ4n) is 3.10. The van der Waals surface area contributed by atoms with Crippen molar-refractivity contribution in [2.24, 2.45) is 0 Å². The van der Waals surface area contributed by atoms with Gasteiger partial charge in [0, 0.05) is 29.5 Å². The topological polar surface area (TPSA) is 126 Å². The molecule has 184 valence electrons. The first kappa shape index (κ1) is 25.6. The van der Waals surface area contributed by atoms with Gasteiger partial charge in [0.25, 0.3) is 15.9 Å². The van der Waals surface area contributed by atoms with Gasteiger partial charge in [-0.1, -0.05) is 18.2 Å². The number of methoxy groups -OCH3 is 1. The van der Waals surface area contributed by atoms with Crippen LogP contribution in [0.5, 0.6) is 5.75 Å². The molecule has 3 rings (SSSR count). The highest BCUT2D eigenvalue weighted by molar-refractivity contribution is 7.92. The monoisotopic (exact) mass is 496 g/mol. The number of hydrogen-bond acceptors (Lipinski definition) is 5. The van der Waals surface area contributed by atoms with Crippen LogP contribution in [-0.2, 0) is 16.6 Å². The fourth-order valence-corrected chi connectivity index (χ4v) is 4.20. The molecule has 0 heterocycles. The molecular weight excluding hydrogens is 468 g/mol. The Bertz CT molecular complexity index is 1270. The lowest BCUT2D eigenvalue weighted by atomic mass is 10.2. The minimum atomic E-state index is -3.89. The van der Waals surface area contributed by atoms with Crippen LogP contribution in [0.25, 0.3) is 0 Å². The maximum atomic E-state index is 12.8. The van der Waals surface area contributed by atoms with E-state index in [-0.39, 0.29) is 29.1 Å². The number of carbonyl (C=O) groups is 2. The van der Waals surface area contributed by atoms with E-state index in [2.05, 4.69) is 20.7 Å². The summed E-state index contributed by atoms with van der Waals surface area (Å²) in [7, 11) is -2.36. The summed E-state index contributed by atoms with van der Waals surface area (Å²) in [5.74, 6) is 0.194. The second-order valence-corrected chi connectivity index (χ2v) is 9.68. The van der Waals surface area contributed by atoms with Crippen molar-refractivity contribution in [1.82, 2.24) is 10.6 Å². The lowest BCUT2D eigenvalue weighted by molar-refractivity contribution is 0.0950. The Morgan fingerprint density at radius 3 is 2.20 bits per heavy atom. The standard InChI is InChI=1S/C25H28N4O5S/c1-17(2)27-25(31)28-20-9-7-18(8-10-20)16-26-24(30)19-5-4-6-23(15-19)35(32,33)29-21-11-13-22(34-3)14-12-21/h4-15,17,29H,16H2,1-3H3,(H,26,30)(H2,27,28,31). The molecule has 0 aliphatic rings. The number of ether oxygens (including phenoxy) is 1. The number of benzene rings is 3. The van der Waals surface area contributed by atoms with Gasteiger partial charge < -0.3 is 20.7 Å². The molecule has 0 saturated carbocycles. The fraction of sp³-hybridized carbons (Fsp3) is 0.200. The number of nitrogens with one attached hydrogen (secondary N) is 4. The molecule has 9 nitrogen and oxygen atoms in total. The third kappa shape index (κ3) is 7.47. The van der Waals surface area contributed by atoms with Gasteiger partial charge in [-0.25, -0.2) is 13.2 Å². The molecule has 3 amide bonds. The number of carbonyl (C=O) groups excluding carboxylic acids is 2. The highest BCUT2D eigenvalue weighted by Crippen LogP contribution is 2.20. The van der Waals surface area contributed by atoms with E-state index in [0.717, 1.165) is 5.56 Å². The number of sulfonamides is 1. The molecule has 0 fully saturated rings. The Morgan fingerprint density at radius 1 is 0.914 bits per heavy atom. The van der Waals surface area contributed by atoms with Crippen LogP contribution in [0.3, 0.4) is 0 Å². The Hall–Kier alpha value is -4.05. The summed E-state index contributed by atoms with van der Waals surface area (Å²) in [5, 5.41) is 8.24. The van der Waals surface area contributed by atoms with Crippen LogP contribution in [0.1, 0.15) is 29.8 Å². The first-order chi connectivity index (χ1) is 16.7. The van der Waals surface area contributed by atoms with E-state index in [1.165, 1.54) is 25.3 Å². The van der Waals surface area contributed by atoms with Crippen molar-refractivity contribution in [3.05, 3.63) is 83.9 Å². The molecule has 0 saturated heterocycles. The van der Waals surface area contributed by atoms with Crippen LogP contribution in [-0.4, -0.2) is 33.5 Å². The Balaban J connectivity index is 1.60. The summed E-state index contributed by atoms with van der Waals surface area (Å²) in [6.45, 7) is 3.97. The van der Waals surface area contributed by atoms with Crippen LogP contribution in [0.2, 0.25) is 0 Å². The largest absolute Gasteiger partial charge is 0.497 e. The molecule has 0 unspecified atom stereocenters. The zero-order valence-corrected chi connectivity index (χ0v) is 20.5. The molecule has 3 aromatic rings. The molecule has 0 aliphatic heterocycles. The maximum Gasteiger partial charge on any atom is 0.319 e. The van der Waals surface area contributed by atoms with Crippen molar-refractivity contribution in [2.75, 3.05) is 17.1 Å². The summed E-state index contributed by atoms with van der Waals surface area (Å²) in [6, 6.07) is 19.0. The molecule has 0 bridgehead atoms. The molecule has 35 heavy (non-hydrogen) atoms. The SMILES string of the molecule is COc1ccc(NS(=O)(=O)c2cccc(C(=O)NCc3ccc(NC(=O)NC(C)C)cc3)c2)cc1. The van der Waals surface area contributed by atoms with Crippen LogP contribution in [0.15, 0.2) is 77.7 Å². The van der Waals surface area contributed by atoms with Gasteiger partial charge >= 0.3 is 6.03 Å². The van der Waals surface area contributed by atoms with Crippen molar-refractivity contribution < 1.29 is 22.7 Å². The summed E-state index contributed by atoms with van der Waals surface area (Å²) >= 11 is 0. The highest BCUT2D eigenvalue weighted by atomic mass is 32.2. The number of amides is 3. The number of urea groups is 1. The molecule has 3 aromatic carbocycles. The van der Waals surface area contributed by atoms with E-state index < -0.39 is 15.9 Å². The molecule has 0 spiro atoms. The Morgan fingerprint density at radius 2 is 1.57 bits per heavy atom. The van der Waals surface area contributed by atoms with E-state index in [1.807, 2.05) is 13.8 Å². The van der Waals surface area contributed by atoms with E-state index >= 15 is 0 Å². The van der Waals surface area contributed by atoms with Gasteiger partial charge in [-0.3, -0.25) is 9.52 Å². The second kappa shape index (κ2) is 11.4. The average molecular weight is 497 g/mol. The lowest BCUT2D eigenvalue weighted by Gasteiger charge is -2.11. The quantitative estimate of drug-likeness (QED) is 0.357. The van der Waals surface area contributed by atoms with Gasteiger partial charge in [0.2, 0.25) is 0 Å². The Labute approximate surface area is 204 Å². The van der Waals surface area contributed by atoms with E-state index in [1.54, 1.807) is 54.6 Å². The van der Waals surface area contributed by atoms with Crippen molar-refractivity contribution in [3.8, 4) is 5.75 Å². The van der Waals surface area contributed by atoms with Crippen molar-refractivity contribution >= 4 is 33.3 Å². The zero-order chi connectivity index (χ0) is 25.4. The molecular formula is C25H28N4O5S. The van der Waals surface area contributed by atoms with E-state index in [4.69, 9.17) is 4.74 Å². The van der Waals surface area contributed by atoms with Gasteiger partial charge in [0.15, 0.2) is 0 Å². The van der Waals surface area contributed by atoms with Gasteiger partial charge in [-0.15, -0.1) is 0 Å². The number of rotatable bonds is 9. The number of hydrogen-bond donors (Lipinski definition) is 4. The van der Waals surface area contributed by atoms with E-state index in [0.29, 0.717) is 17.1 Å². The predicted octanol–water partition coefficient (Wildman–Crippen LogP) is 3.96. The van der Waals surface area contributed by atoms with Crippen LogP contribution in [0.4, 0.5) is 16.2 Å². The highest BCUT2D eigenvalue weighted by Gasteiger charge is 2.17. The van der Waals surface area contributed by atoms with Crippen molar-refractivity contribution in [1.29, 1.82) is 0 Å². The Kier molecular flexibility index (Phi) is 8.32. The predicted molar refractivity (Wildman–Crippen MR) is 135 cm³/mol.